The Labute approximate surface area is 148 Å². The molecule has 1 amide bonds. The van der Waals surface area contributed by atoms with Crippen LogP contribution in [0, 0.1) is 11.3 Å². The van der Waals surface area contributed by atoms with Crippen molar-refractivity contribution in [1.82, 2.24) is 4.90 Å². The van der Waals surface area contributed by atoms with Crippen molar-refractivity contribution in [1.29, 1.82) is 5.26 Å². The molecule has 0 aliphatic carbocycles. The molecule has 1 atom stereocenters. The normalized spacial score (nSPS) is 11.9. The molecule has 0 aliphatic rings. The first-order valence-electron chi connectivity index (χ1n) is 8.27. The van der Waals surface area contributed by atoms with E-state index in [9.17, 15) is 9.90 Å². The van der Waals surface area contributed by atoms with Crippen molar-refractivity contribution in [2.24, 2.45) is 0 Å². The van der Waals surface area contributed by atoms with E-state index in [4.69, 9.17) is 5.26 Å². The number of hydrogen-bond acceptors (Lipinski definition) is 3. The first-order chi connectivity index (χ1) is 12.1. The van der Waals surface area contributed by atoms with Crippen LogP contribution in [0.5, 0.6) is 0 Å². The molecule has 4 heteroatoms. The molecule has 2 aromatic rings. The number of nitrogens with zero attached hydrogens (tertiary/aromatic N) is 2. The fraction of sp³-hybridized carbons (Fsp3) is 0.238. The largest absolute Gasteiger partial charge is 0.396 e. The lowest BCUT2D eigenvalue weighted by Gasteiger charge is -2.28. The predicted octanol–water partition coefficient (Wildman–Crippen LogP) is 3.37. The molecule has 0 radical (unpaired) electrons. The molecule has 0 fully saturated rings. The second-order valence-electron chi connectivity index (χ2n) is 5.88. The maximum Gasteiger partial charge on any atom is 0.247 e. The Morgan fingerprint density at radius 3 is 2.68 bits per heavy atom. The van der Waals surface area contributed by atoms with Crippen LogP contribution in [0.25, 0.3) is 6.08 Å². The first-order valence-corrected chi connectivity index (χ1v) is 8.27. The summed E-state index contributed by atoms with van der Waals surface area (Å²) in [6.45, 7) is 2.46. The molecule has 0 aromatic heterocycles. The fourth-order valence-corrected chi connectivity index (χ4v) is 2.55. The number of nitriles is 1. The number of carbonyl (C=O) groups is 1. The third kappa shape index (κ3) is 5.59. The summed E-state index contributed by atoms with van der Waals surface area (Å²) in [4.78, 5) is 14.4. The van der Waals surface area contributed by atoms with Gasteiger partial charge in [-0.3, -0.25) is 4.79 Å². The highest BCUT2D eigenvalue weighted by Crippen LogP contribution is 2.13. The fourth-order valence-electron chi connectivity index (χ4n) is 2.55. The molecule has 2 aromatic carbocycles. The van der Waals surface area contributed by atoms with Gasteiger partial charge in [-0.25, -0.2) is 0 Å². The second kappa shape index (κ2) is 9.41. The van der Waals surface area contributed by atoms with Crippen molar-refractivity contribution in [2.45, 2.75) is 25.9 Å². The Morgan fingerprint density at radius 2 is 2.00 bits per heavy atom. The lowest BCUT2D eigenvalue weighted by atomic mass is 10.1. The predicted molar refractivity (Wildman–Crippen MR) is 98.3 cm³/mol. The molecule has 128 valence electrons. The summed E-state index contributed by atoms with van der Waals surface area (Å²) < 4.78 is 0. The van der Waals surface area contributed by atoms with Gasteiger partial charge in [0.2, 0.25) is 5.91 Å². The number of aliphatic hydroxyl groups is 1. The lowest BCUT2D eigenvalue weighted by Crippen LogP contribution is -2.37. The molecular formula is C21H22N2O2. The maximum absolute atomic E-state index is 12.7. The van der Waals surface area contributed by atoms with Crippen molar-refractivity contribution in [3.05, 3.63) is 77.4 Å². The highest BCUT2D eigenvalue weighted by molar-refractivity contribution is 5.92. The number of benzene rings is 2. The molecule has 0 saturated carbocycles. The van der Waals surface area contributed by atoms with E-state index >= 15 is 0 Å². The minimum atomic E-state index is -0.118. The maximum atomic E-state index is 12.7. The van der Waals surface area contributed by atoms with E-state index in [2.05, 4.69) is 6.07 Å². The van der Waals surface area contributed by atoms with Gasteiger partial charge < -0.3 is 10.0 Å². The molecule has 25 heavy (non-hydrogen) atoms. The SMILES string of the molecule is CC(CCO)N(Cc1ccccc1)C(=O)/C=C/c1cccc(C#N)c1. The van der Waals surface area contributed by atoms with E-state index in [0.717, 1.165) is 11.1 Å². The van der Waals surface area contributed by atoms with E-state index in [1.165, 1.54) is 6.08 Å². The summed E-state index contributed by atoms with van der Waals surface area (Å²) >= 11 is 0. The molecular weight excluding hydrogens is 312 g/mol. The Morgan fingerprint density at radius 1 is 1.24 bits per heavy atom. The molecule has 4 nitrogen and oxygen atoms in total. The van der Waals surface area contributed by atoms with Crippen molar-refractivity contribution >= 4 is 12.0 Å². The number of amides is 1. The van der Waals surface area contributed by atoms with Crippen molar-refractivity contribution in [3.8, 4) is 6.07 Å². The van der Waals surface area contributed by atoms with Gasteiger partial charge in [-0.2, -0.15) is 5.26 Å². The average molecular weight is 334 g/mol. The Bertz CT molecular complexity index is 763. The summed E-state index contributed by atoms with van der Waals surface area (Å²) in [5, 5.41) is 18.2. The zero-order chi connectivity index (χ0) is 18.1. The van der Waals surface area contributed by atoms with Crippen molar-refractivity contribution in [3.63, 3.8) is 0 Å². The molecule has 0 saturated heterocycles. The monoisotopic (exact) mass is 334 g/mol. The summed E-state index contributed by atoms with van der Waals surface area (Å²) in [6, 6.07) is 18.9. The molecule has 2 rings (SSSR count). The number of rotatable bonds is 7. The number of aliphatic hydroxyl groups excluding tert-OH is 1. The standard InChI is InChI=1S/C21H22N2O2/c1-17(12-13-24)23(16-19-6-3-2-4-7-19)21(25)11-10-18-8-5-9-20(14-18)15-22/h2-11,14,17,24H,12-13,16H2,1H3/b11-10+. The van der Waals surface area contributed by atoms with Crippen molar-refractivity contribution < 1.29 is 9.90 Å². The molecule has 0 aliphatic heterocycles. The van der Waals surface area contributed by atoms with Crippen LogP contribution in [-0.4, -0.2) is 28.6 Å². The summed E-state index contributed by atoms with van der Waals surface area (Å²) in [6.07, 6.45) is 3.76. The van der Waals surface area contributed by atoms with Gasteiger partial charge in [0.1, 0.15) is 0 Å². The smallest absolute Gasteiger partial charge is 0.247 e. The Kier molecular flexibility index (Phi) is 6.94. The first kappa shape index (κ1) is 18.4. The van der Waals surface area contributed by atoms with Gasteiger partial charge in [-0.15, -0.1) is 0 Å². The van der Waals surface area contributed by atoms with Crippen LogP contribution in [0.3, 0.4) is 0 Å². The molecule has 1 N–H and O–H groups in total. The van der Waals surface area contributed by atoms with Gasteiger partial charge in [0.25, 0.3) is 0 Å². The van der Waals surface area contributed by atoms with Gasteiger partial charge in [0.15, 0.2) is 0 Å². The summed E-state index contributed by atoms with van der Waals surface area (Å²) in [5.74, 6) is -0.118. The van der Waals surface area contributed by atoms with Crippen LogP contribution in [0.15, 0.2) is 60.7 Å². The van der Waals surface area contributed by atoms with E-state index in [1.807, 2.05) is 43.3 Å². The Balaban J connectivity index is 2.16. The quantitative estimate of drug-likeness (QED) is 0.790. The van der Waals surface area contributed by atoms with Gasteiger partial charge in [-0.05, 0) is 42.7 Å². The summed E-state index contributed by atoms with van der Waals surface area (Å²) in [5.41, 5.74) is 2.41. The van der Waals surface area contributed by atoms with Gasteiger partial charge in [0, 0.05) is 25.3 Å². The zero-order valence-electron chi connectivity index (χ0n) is 14.3. The highest BCUT2D eigenvalue weighted by atomic mass is 16.3. The van der Waals surface area contributed by atoms with E-state index < -0.39 is 0 Å². The lowest BCUT2D eigenvalue weighted by molar-refractivity contribution is -0.128. The molecule has 0 heterocycles. The van der Waals surface area contributed by atoms with Crippen molar-refractivity contribution in [2.75, 3.05) is 6.61 Å². The van der Waals surface area contributed by atoms with Crippen LogP contribution in [-0.2, 0) is 11.3 Å². The molecule has 0 spiro atoms. The third-order valence-electron chi connectivity index (χ3n) is 3.99. The van der Waals surface area contributed by atoms with E-state index in [1.54, 1.807) is 29.2 Å². The van der Waals surface area contributed by atoms with Gasteiger partial charge in [-0.1, -0.05) is 42.5 Å². The minimum Gasteiger partial charge on any atom is -0.396 e. The Hall–Kier alpha value is -2.90. The van der Waals surface area contributed by atoms with Crippen LogP contribution in [0.1, 0.15) is 30.0 Å². The second-order valence-corrected chi connectivity index (χ2v) is 5.88. The van der Waals surface area contributed by atoms with Crippen LogP contribution >= 0.6 is 0 Å². The number of hydrogen-bond donors (Lipinski definition) is 1. The van der Waals surface area contributed by atoms with E-state index in [-0.39, 0.29) is 18.6 Å². The van der Waals surface area contributed by atoms with Crippen LogP contribution < -0.4 is 0 Å². The average Bonchev–Trinajstić information content (AvgIpc) is 2.65. The van der Waals surface area contributed by atoms with Gasteiger partial charge in [0.05, 0.1) is 11.6 Å². The highest BCUT2D eigenvalue weighted by Gasteiger charge is 2.18. The van der Waals surface area contributed by atoms with Crippen LogP contribution in [0.2, 0.25) is 0 Å². The molecule has 0 bridgehead atoms. The molecule has 1 unspecified atom stereocenters. The van der Waals surface area contributed by atoms with Gasteiger partial charge >= 0.3 is 0 Å². The summed E-state index contributed by atoms with van der Waals surface area (Å²) in [7, 11) is 0. The van der Waals surface area contributed by atoms with Crippen LogP contribution in [0.4, 0.5) is 0 Å². The third-order valence-corrected chi connectivity index (χ3v) is 3.99. The topological polar surface area (TPSA) is 64.3 Å². The zero-order valence-corrected chi connectivity index (χ0v) is 14.3. The minimum absolute atomic E-state index is 0.0354. The van der Waals surface area contributed by atoms with E-state index in [0.29, 0.717) is 18.5 Å². The number of carbonyl (C=O) groups excluding carboxylic acids is 1.